The van der Waals surface area contributed by atoms with Crippen LogP contribution in [0.5, 0.6) is 0 Å². The quantitative estimate of drug-likeness (QED) is 0.139. The van der Waals surface area contributed by atoms with Crippen LogP contribution in [0.3, 0.4) is 0 Å². The van der Waals surface area contributed by atoms with E-state index < -0.39 is 56.0 Å². The third kappa shape index (κ3) is 12.9. The number of halogens is 4. The van der Waals surface area contributed by atoms with Crippen LogP contribution in [0.25, 0.3) is 0 Å². The lowest BCUT2D eigenvalue weighted by atomic mass is 9.74. The van der Waals surface area contributed by atoms with Crippen LogP contribution < -0.4 is 21.3 Å². The third-order valence-corrected chi connectivity index (χ3v) is 7.02. The second-order valence-corrected chi connectivity index (χ2v) is 12.3. The number of rotatable bonds is 15. The summed E-state index contributed by atoms with van der Waals surface area (Å²) in [5.41, 5.74) is 0.231. The molecule has 0 aliphatic carbocycles. The molecule has 2 unspecified atom stereocenters. The summed E-state index contributed by atoms with van der Waals surface area (Å²) in [5.74, 6) is -3.09. The Hall–Kier alpha value is -2.54. The van der Waals surface area contributed by atoms with Gasteiger partial charge in [0.1, 0.15) is 6.23 Å². The van der Waals surface area contributed by atoms with Crippen LogP contribution in [0.15, 0.2) is 36.4 Å². The molecular formula is C28H35BCl4N4O6. The Balaban J connectivity index is 1.99. The largest absolute Gasteiger partial charge is 0.479 e. The molecular weight excluding hydrogens is 641 g/mol. The molecule has 0 saturated carbocycles. The predicted octanol–water partition coefficient (Wildman–Crippen LogP) is 4.52. The Morgan fingerprint density at radius 1 is 0.744 bits per heavy atom. The van der Waals surface area contributed by atoms with Crippen LogP contribution in [-0.2, 0) is 14.2 Å². The van der Waals surface area contributed by atoms with Gasteiger partial charge >= 0.3 is 7.12 Å². The highest BCUT2D eigenvalue weighted by Gasteiger charge is 2.33. The maximum Gasteiger partial charge on any atom is 0.479 e. The maximum absolute atomic E-state index is 12.7. The van der Waals surface area contributed by atoms with Gasteiger partial charge in [-0.2, -0.15) is 0 Å². The summed E-state index contributed by atoms with van der Waals surface area (Å²) < 4.78 is 5.78. The second-order valence-electron chi connectivity index (χ2n) is 10.6. The lowest BCUT2D eigenvalue weighted by molar-refractivity contribution is -0.123. The number of carbonyl (C=O) groups excluding carboxylic acids is 4. The molecule has 2 rings (SSSR count). The molecule has 0 spiro atoms. The molecule has 10 nitrogen and oxygen atoms in total. The van der Waals surface area contributed by atoms with Crippen molar-refractivity contribution in [2.45, 2.75) is 52.7 Å². The van der Waals surface area contributed by atoms with Crippen molar-refractivity contribution in [1.29, 1.82) is 0 Å². The van der Waals surface area contributed by atoms with Crippen LogP contribution >= 0.6 is 46.4 Å². The van der Waals surface area contributed by atoms with Crippen molar-refractivity contribution in [2.75, 3.05) is 13.1 Å². The van der Waals surface area contributed by atoms with Crippen molar-refractivity contribution < 1.29 is 28.9 Å². The standard InChI is InChI=1S/C28H35BCl4N4O6/c1-15(2)9-23(36-24(38)13-34-27(40)19-11-17(30)5-7-21(19)32)29(42)43-26(10-16(3)4)37-25(39)14-35-28(41)20-12-18(31)6-8-22(20)33/h5-8,11-12,15-16,23,26,42H,9-10,13-14H2,1-4H3,(H,34,40)(H,35,41)(H,36,38)(H,37,39). The van der Waals surface area contributed by atoms with Gasteiger partial charge in [-0.3, -0.25) is 19.2 Å². The molecule has 234 valence electrons. The maximum atomic E-state index is 12.7. The molecule has 2 aromatic rings. The highest BCUT2D eigenvalue weighted by Crippen LogP contribution is 2.21. The molecule has 0 fully saturated rings. The summed E-state index contributed by atoms with van der Waals surface area (Å²) in [5, 5.41) is 22.2. The predicted molar refractivity (Wildman–Crippen MR) is 169 cm³/mol. The Bertz CT molecular complexity index is 1300. The molecule has 5 N–H and O–H groups in total. The SMILES string of the molecule is CC(C)CC(NC(=O)CNC(=O)c1cc(Cl)ccc1Cl)OB(O)C(CC(C)C)NC(=O)CNC(=O)c1cc(Cl)ccc1Cl. The summed E-state index contributed by atoms with van der Waals surface area (Å²) in [6, 6.07) is 8.79. The van der Waals surface area contributed by atoms with Gasteiger partial charge in [0.25, 0.3) is 11.8 Å². The minimum absolute atomic E-state index is 0.0510. The highest BCUT2D eigenvalue weighted by atomic mass is 35.5. The highest BCUT2D eigenvalue weighted by molar-refractivity contribution is 6.45. The number of hydrogen-bond donors (Lipinski definition) is 5. The zero-order valence-electron chi connectivity index (χ0n) is 24.2. The van der Waals surface area contributed by atoms with Gasteiger partial charge in [0.2, 0.25) is 11.8 Å². The van der Waals surface area contributed by atoms with E-state index in [4.69, 9.17) is 51.1 Å². The minimum Gasteiger partial charge on any atom is -0.426 e. The fourth-order valence-electron chi connectivity index (χ4n) is 3.94. The zero-order valence-corrected chi connectivity index (χ0v) is 27.2. The fourth-order valence-corrected chi connectivity index (χ4v) is 4.69. The molecule has 0 bridgehead atoms. The van der Waals surface area contributed by atoms with Gasteiger partial charge in [-0.05, 0) is 61.1 Å². The number of benzene rings is 2. The van der Waals surface area contributed by atoms with Crippen LogP contribution in [0, 0.1) is 11.8 Å². The first-order valence-electron chi connectivity index (χ1n) is 13.5. The first-order chi connectivity index (χ1) is 20.2. The molecule has 2 atom stereocenters. The van der Waals surface area contributed by atoms with E-state index in [-0.39, 0.29) is 33.0 Å². The van der Waals surface area contributed by atoms with Gasteiger partial charge < -0.3 is 30.9 Å². The van der Waals surface area contributed by atoms with Crippen molar-refractivity contribution in [3.05, 3.63) is 67.6 Å². The van der Waals surface area contributed by atoms with Gasteiger partial charge in [0.05, 0.1) is 40.2 Å². The summed E-state index contributed by atoms with van der Waals surface area (Å²) in [6.07, 6.45) is -0.277. The zero-order chi connectivity index (χ0) is 32.3. The number of nitrogens with one attached hydrogen (secondary N) is 4. The Morgan fingerprint density at radius 2 is 1.19 bits per heavy atom. The lowest BCUT2D eigenvalue weighted by Crippen LogP contribution is -2.54. The van der Waals surface area contributed by atoms with Crippen LogP contribution in [-0.4, -0.2) is 61.0 Å². The van der Waals surface area contributed by atoms with E-state index in [0.717, 1.165) is 0 Å². The fraction of sp³-hybridized carbons (Fsp3) is 0.429. The molecule has 4 amide bonds. The van der Waals surface area contributed by atoms with Gasteiger partial charge in [-0.25, -0.2) is 0 Å². The van der Waals surface area contributed by atoms with Gasteiger partial charge in [0, 0.05) is 10.0 Å². The normalized spacial score (nSPS) is 12.4. The summed E-state index contributed by atoms with van der Waals surface area (Å²) in [6.45, 7) is 6.82. The molecule has 15 heteroatoms. The first kappa shape index (κ1) is 36.7. The van der Waals surface area contributed by atoms with E-state index in [9.17, 15) is 24.2 Å². The molecule has 2 aromatic carbocycles. The molecule has 0 aliphatic heterocycles. The number of amides is 4. The van der Waals surface area contributed by atoms with E-state index in [1.165, 1.54) is 36.4 Å². The Kier molecular flexibility index (Phi) is 15.1. The average Bonchev–Trinajstić information content (AvgIpc) is 2.91. The molecule has 0 aliphatic rings. The number of carbonyl (C=O) groups is 4. The molecule has 43 heavy (non-hydrogen) atoms. The first-order valence-corrected chi connectivity index (χ1v) is 15.1. The topological polar surface area (TPSA) is 146 Å². The Labute approximate surface area is 271 Å². The second kappa shape index (κ2) is 17.7. The van der Waals surface area contributed by atoms with Crippen LogP contribution in [0.1, 0.15) is 61.3 Å². The summed E-state index contributed by atoms with van der Waals surface area (Å²) >= 11 is 24.0. The van der Waals surface area contributed by atoms with Crippen LogP contribution in [0.2, 0.25) is 20.1 Å². The van der Waals surface area contributed by atoms with E-state index >= 15 is 0 Å². The van der Waals surface area contributed by atoms with E-state index in [2.05, 4.69) is 21.3 Å². The summed E-state index contributed by atoms with van der Waals surface area (Å²) in [4.78, 5) is 50.3. The molecule has 0 heterocycles. The van der Waals surface area contributed by atoms with Crippen LogP contribution in [0.4, 0.5) is 0 Å². The van der Waals surface area contributed by atoms with Gasteiger partial charge in [-0.1, -0.05) is 74.1 Å². The third-order valence-electron chi connectivity index (χ3n) is 5.89. The van der Waals surface area contributed by atoms with Crippen molar-refractivity contribution >= 4 is 77.2 Å². The minimum atomic E-state index is -1.51. The monoisotopic (exact) mass is 674 g/mol. The number of hydrogen-bond acceptors (Lipinski definition) is 6. The van der Waals surface area contributed by atoms with Crippen molar-refractivity contribution in [2.24, 2.45) is 11.8 Å². The lowest BCUT2D eigenvalue weighted by Gasteiger charge is -2.28. The molecule has 0 aromatic heterocycles. The van der Waals surface area contributed by atoms with Crippen molar-refractivity contribution in [3.63, 3.8) is 0 Å². The van der Waals surface area contributed by atoms with E-state index in [0.29, 0.717) is 22.9 Å². The van der Waals surface area contributed by atoms with Gasteiger partial charge in [-0.15, -0.1) is 0 Å². The van der Waals surface area contributed by atoms with Gasteiger partial charge in [0.15, 0.2) is 0 Å². The molecule has 0 radical (unpaired) electrons. The Morgan fingerprint density at radius 3 is 1.63 bits per heavy atom. The van der Waals surface area contributed by atoms with E-state index in [1.807, 2.05) is 27.7 Å². The van der Waals surface area contributed by atoms with Crippen molar-refractivity contribution in [3.8, 4) is 0 Å². The smallest absolute Gasteiger partial charge is 0.426 e. The van der Waals surface area contributed by atoms with E-state index in [1.54, 1.807) is 0 Å². The summed E-state index contributed by atoms with van der Waals surface area (Å²) in [7, 11) is -1.51. The molecule has 0 saturated heterocycles. The average molecular weight is 676 g/mol. The van der Waals surface area contributed by atoms with Crippen molar-refractivity contribution in [1.82, 2.24) is 21.3 Å².